The van der Waals surface area contributed by atoms with Crippen LogP contribution in [0.1, 0.15) is 13.8 Å². The number of nitrogens with one attached hydrogen (secondary N) is 1. The summed E-state index contributed by atoms with van der Waals surface area (Å²) in [5, 5.41) is 3.60. The lowest BCUT2D eigenvalue weighted by Crippen LogP contribution is -2.61. The highest BCUT2D eigenvalue weighted by molar-refractivity contribution is 4.88. The molecule has 1 N–H and O–H groups in total. The van der Waals surface area contributed by atoms with E-state index in [0.717, 1.165) is 32.2 Å². The molecule has 2 atom stereocenters. The van der Waals surface area contributed by atoms with Crippen molar-refractivity contribution in [1.29, 1.82) is 0 Å². The Morgan fingerprint density at radius 3 is 3.08 bits per heavy atom. The second kappa shape index (κ2) is 3.95. The molecular weight excluding hydrogens is 164 g/mol. The molecule has 0 aliphatic carbocycles. The number of morpholine rings is 1. The van der Waals surface area contributed by atoms with Crippen molar-refractivity contribution in [3.8, 4) is 0 Å². The van der Waals surface area contributed by atoms with Crippen LogP contribution in [0.2, 0.25) is 0 Å². The van der Waals surface area contributed by atoms with Crippen molar-refractivity contribution in [2.24, 2.45) is 5.92 Å². The molecule has 0 saturated carbocycles. The molecule has 3 heteroatoms. The Bertz CT molecular complexity index is 172. The molecule has 0 aromatic rings. The lowest BCUT2D eigenvalue weighted by molar-refractivity contribution is -0.0299. The summed E-state index contributed by atoms with van der Waals surface area (Å²) >= 11 is 0. The minimum absolute atomic E-state index is 0.628. The van der Waals surface area contributed by atoms with Gasteiger partial charge in [0.2, 0.25) is 0 Å². The van der Waals surface area contributed by atoms with Crippen LogP contribution in [0.3, 0.4) is 0 Å². The SMILES string of the molecule is CC(C)[C@H]1CN2CCOCC2CN1. The van der Waals surface area contributed by atoms with Crippen LogP contribution < -0.4 is 5.32 Å². The molecule has 0 bridgehead atoms. The summed E-state index contributed by atoms with van der Waals surface area (Å²) in [6.07, 6.45) is 0. The summed E-state index contributed by atoms with van der Waals surface area (Å²) in [5.41, 5.74) is 0. The fraction of sp³-hybridized carbons (Fsp3) is 1.00. The van der Waals surface area contributed by atoms with Gasteiger partial charge < -0.3 is 10.1 Å². The molecule has 0 aromatic heterocycles. The maximum atomic E-state index is 5.45. The van der Waals surface area contributed by atoms with Crippen molar-refractivity contribution in [3.05, 3.63) is 0 Å². The van der Waals surface area contributed by atoms with E-state index in [0.29, 0.717) is 12.1 Å². The summed E-state index contributed by atoms with van der Waals surface area (Å²) in [5.74, 6) is 0.740. The molecule has 2 fully saturated rings. The van der Waals surface area contributed by atoms with E-state index in [1.54, 1.807) is 0 Å². The van der Waals surface area contributed by atoms with Crippen LogP contribution in [0.15, 0.2) is 0 Å². The first-order valence-electron chi connectivity index (χ1n) is 5.32. The fourth-order valence-corrected chi connectivity index (χ4v) is 2.17. The number of fused-ring (bicyclic) bond motifs is 1. The fourth-order valence-electron chi connectivity index (χ4n) is 2.17. The van der Waals surface area contributed by atoms with Crippen molar-refractivity contribution in [1.82, 2.24) is 10.2 Å². The first-order chi connectivity index (χ1) is 6.27. The number of hydrogen-bond donors (Lipinski definition) is 1. The largest absolute Gasteiger partial charge is 0.378 e. The van der Waals surface area contributed by atoms with Gasteiger partial charge in [-0.1, -0.05) is 13.8 Å². The monoisotopic (exact) mass is 184 g/mol. The Morgan fingerprint density at radius 2 is 2.31 bits per heavy atom. The van der Waals surface area contributed by atoms with Gasteiger partial charge >= 0.3 is 0 Å². The van der Waals surface area contributed by atoms with Crippen LogP contribution in [0.25, 0.3) is 0 Å². The standard InChI is InChI=1S/C10H20N2O/c1-8(2)10-6-12-3-4-13-7-9(12)5-11-10/h8-11H,3-7H2,1-2H3/t9?,10-/m1/s1. The Morgan fingerprint density at radius 1 is 1.46 bits per heavy atom. The van der Waals surface area contributed by atoms with Crippen LogP contribution in [-0.4, -0.2) is 49.8 Å². The minimum Gasteiger partial charge on any atom is -0.378 e. The van der Waals surface area contributed by atoms with Crippen molar-refractivity contribution in [3.63, 3.8) is 0 Å². The second-order valence-electron chi connectivity index (χ2n) is 4.48. The predicted molar refractivity (Wildman–Crippen MR) is 52.8 cm³/mol. The summed E-state index contributed by atoms with van der Waals surface area (Å²) in [6, 6.07) is 1.30. The first kappa shape index (κ1) is 9.44. The van der Waals surface area contributed by atoms with E-state index in [1.165, 1.54) is 6.54 Å². The molecule has 2 aliphatic heterocycles. The van der Waals surface area contributed by atoms with Crippen molar-refractivity contribution >= 4 is 0 Å². The third-order valence-electron chi connectivity index (χ3n) is 3.20. The lowest BCUT2D eigenvalue weighted by atomic mass is 9.99. The van der Waals surface area contributed by atoms with Gasteiger partial charge in [-0.15, -0.1) is 0 Å². The second-order valence-corrected chi connectivity index (χ2v) is 4.48. The maximum absolute atomic E-state index is 5.45. The molecule has 0 spiro atoms. The summed E-state index contributed by atoms with van der Waals surface area (Å²) in [6.45, 7) is 9.83. The minimum atomic E-state index is 0.628. The van der Waals surface area contributed by atoms with Crippen molar-refractivity contribution < 1.29 is 4.74 Å². The summed E-state index contributed by atoms with van der Waals surface area (Å²) in [7, 11) is 0. The van der Waals surface area contributed by atoms with Gasteiger partial charge in [0.05, 0.1) is 13.2 Å². The highest BCUT2D eigenvalue weighted by Crippen LogP contribution is 2.15. The van der Waals surface area contributed by atoms with Crippen LogP contribution in [0.4, 0.5) is 0 Å². The third-order valence-corrected chi connectivity index (χ3v) is 3.20. The zero-order chi connectivity index (χ0) is 9.26. The van der Waals surface area contributed by atoms with E-state index < -0.39 is 0 Å². The highest BCUT2D eigenvalue weighted by atomic mass is 16.5. The molecule has 13 heavy (non-hydrogen) atoms. The van der Waals surface area contributed by atoms with Crippen LogP contribution in [0, 0.1) is 5.92 Å². The molecule has 76 valence electrons. The zero-order valence-corrected chi connectivity index (χ0v) is 8.62. The van der Waals surface area contributed by atoms with E-state index in [9.17, 15) is 0 Å². The molecule has 0 amide bonds. The van der Waals surface area contributed by atoms with Gasteiger partial charge in [-0.3, -0.25) is 4.90 Å². The van der Waals surface area contributed by atoms with E-state index in [4.69, 9.17) is 4.74 Å². The molecule has 0 aromatic carbocycles. The normalized spacial score (nSPS) is 36.2. The van der Waals surface area contributed by atoms with Crippen LogP contribution in [-0.2, 0) is 4.74 Å². The zero-order valence-electron chi connectivity index (χ0n) is 8.62. The predicted octanol–water partition coefficient (Wildman–Crippen LogP) is 0.315. The smallest absolute Gasteiger partial charge is 0.0634 e. The Balaban J connectivity index is 1.91. The van der Waals surface area contributed by atoms with Gasteiger partial charge in [0.25, 0.3) is 0 Å². The molecule has 2 saturated heterocycles. The third kappa shape index (κ3) is 2.03. The van der Waals surface area contributed by atoms with Crippen LogP contribution in [0.5, 0.6) is 0 Å². The molecule has 2 rings (SSSR count). The molecule has 2 heterocycles. The Labute approximate surface area is 80.4 Å². The Kier molecular flexibility index (Phi) is 2.86. The summed E-state index contributed by atoms with van der Waals surface area (Å²) < 4.78 is 5.45. The number of ether oxygens (including phenoxy) is 1. The van der Waals surface area contributed by atoms with E-state index in [1.807, 2.05) is 0 Å². The van der Waals surface area contributed by atoms with E-state index >= 15 is 0 Å². The highest BCUT2D eigenvalue weighted by Gasteiger charge is 2.30. The van der Waals surface area contributed by atoms with E-state index in [2.05, 4.69) is 24.1 Å². The quantitative estimate of drug-likeness (QED) is 0.635. The molecule has 3 nitrogen and oxygen atoms in total. The first-order valence-corrected chi connectivity index (χ1v) is 5.32. The van der Waals surface area contributed by atoms with Gasteiger partial charge in [-0.2, -0.15) is 0 Å². The number of piperazine rings is 1. The van der Waals surface area contributed by atoms with Gasteiger partial charge in [0.1, 0.15) is 0 Å². The number of nitrogens with zero attached hydrogens (tertiary/aromatic N) is 1. The van der Waals surface area contributed by atoms with Crippen molar-refractivity contribution in [2.75, 3.05) is 32.8 Å². The topological polar surface area (TPSA) is 24.5 Å². The summed E-state index contributed by atoms with van der Waals surface area (Å²) in [4.78, 5) is 2.57. The molecule has 0 radical (unpaired) electrons. The Hall–Kier alpha value is -0.120. The van der Waals surface area contributed by atoms with Gasteiger partial charge in [-0.25, -0.2) is 0 Å². The molecule has 2 aliphatic rings. The van der Waals surface area contributed by atoms with Gasteiger partial charge in [0, 0.05) is 31.7 Å². The lowest BCUT2D eigenvalue weighted by Gasteiger charge is -2.44. The van der Waals surface area contributed by atoms with Crippen molar-refractivity contribution in [2.45, 2.75) is 25.9 Å². The van der Waals surface area contributed by atoms with Gasteiger partial charge in [0.15, 0.2) is 0 Å². The van der Waals surface area contributed by atoms with E-state index in [-0.39, 0.29) is 0 Å². The molecular formula is C10H20N2O. The van der Waals surface area contributed by atoms with Crippen LogP contribution >= 0.6 is 0 Å². The molecule has 1 unspecified atom stereocenters. The number of rotatable bonds is 1. The average molecular weight is 184 g/mol. The number of hydrogen-bond acceptors (Lipinski definition) is 3. The van der Waals surface area contributed by atoms with Gasteiger partial charge in [-0.05, 0) is 5.92 Å². The maximum Gasteiger partial charge on any atom is 0.0634 e. The average Bonchev–Trinajstić information content (AvgIpc) is 2.17.